The Kier molecular flexibility index (Phi) is 8.25. The highest BCUT2D eigenvalue weighted by molar-refractivity contribution is 7.81. The standard InChI is InChI=1S/C25H23ClN4O3S2/c1-17(20-10-6-3-7-11-20)27-25(31)21-14-19(16-26)12-13-23(21)30(35(32)33)24-22(28-34-29-24)15-18-8-4-2-5-9-18/h2-14,17H,15-16H2,1H3,(H,27,31)(H,32,33). The van der Waals surface area contributed by atoms with Gasteiger partial charge in [-0.1, -0.05) is 66.7 Å². The number of aromatic nitrogens is 2. The maximum atomic E-state index is 13.4. The maximum absolute atomic E-state index is 13.4. The molecule has 1 aromatic heterocycles. The van der Waals surface area contributed by atoms with Gasteiger partial charge in [0.2, 0.25) is 0 Å². The average molecular weight is 527 g/mol. The summed E-state index contributed by atoms with van der Waals surface area (Å²) in [6, 6.07) is 23.9. The first-order valence-corrected chi connectivity index (χ1v) is 13.1. The summed E-state index contributed by atoms with van der Waals surface area (Å²) in [6.07, 6.45) is 0.423. The summed E-state index contributed by atoms with van der Waals surface area (Å²) in [7, 11) is 0. The summed E-state index contributed by atoms with van der Waals surface area (Å²) in [4.78, 5) is 13.4. The van der Waals surface area contributed by atoms with E-state index in [0.717, 1.165) is 27.2 Å². The lowest BCUT2D eigenvalue weighted by Gasteiger charge is -2.23. The molecule has 35 heavy (non-hydrogen) atoms. The van der Waals surface area contributed by atoms with Crippen molar-refractivity contribution in [3.63, 3.8) is 0 Å². The van der Waals surface area contributed by atoms with Crippen LogP contribution in [0.4, 0.5) is 11.5 Å². The molecule has 0 fully saturated rings. The van der Waals surface area contributed by atoms with Crippen LogP contribution in [-0.2, 0) is 23.6 Å². The van der Waals surface area contributed by atoms with E-state index in [2.05, 4.69) is 14.1 Å². The molecule has 3 aromatic carbocycles. The van der Waals surface area contributed by atoms with Crippen molar-refractivity contribution >= 4 is 52.0 Å². The molecule has 2 N–H and O–H groups in total. The largest absolute Gasteiger partial charge is 0.345 e. The minimum Gasteiger partial charge on any atom is -0.345 e. The van der Waals surface area contributed by atoms with Crippen LogP contribution in [0.25, 0.3) is 0 Å². The smallest absolute Gasteiger partial charge is 0.268 e. The van der Waals surface area contributed by atoms with Gasteiger partial charge in [0.1, 0.15) is 5.69 Å². The molecule has 2 unspecified atom stereocenters. The van der Waals surface area contributed by atoms with E-state index in [1.54, 1.807) is 18.2 Å². The van der Waals surface area contributed by atoms with Gasteiger partial charge in [-0.25, -0.2) is 8.51 Å². The van der Waals surface area contributed by atoms with Crippen LogP contribution in [0.5, 0.6) is 0 Å². The lowest BCUT2D eigenvalue weighted by Crippen LogP contribution is -2.30. The Labute approximate surface area is 215 Å². The van der Waals surface area contributed by atoms with Gasteiger partial charge in [0, 0.05) is 12.3 Å². The number of nitrogens with zero attached hydrogens (tertiary/aromatic N) is 3. The molecule has 2 atom stereocenters. The van der Waals surface area contributed by atoms with E-state index in [9.17, 15) is 13.6 Å². The SMILES string of the molecule is CC(NC(=O)c1cc(CCl)ccc1N(c1nsnc1Cc1ccccc1)S(=O)O)c1ccccc1. The molecule has 10 heteroatoms. The molecule has 0 saturated carbocycles. The number of halogens is 1. The Hall–Kier alpha value is -3.11. The van der Waals surface area contributed by atoms with Gasteiger partial charge in [0.05, 0.1) is 29.0 Å². The molecule has 1 amide bonds. The number of rotatable bonds is 9. The third kappa shape index (κ3) is 5.94. The van der Waals surface area contributed by atoms with E-state index in [1.165, 1.54) is 0 Å². The quantitative estimate of drug-likeness (QED) is 0.217. The van der Waals surface area contributed by atoms with E-state index >= 15 is 0 Å². The predicted octanol–water partition coefficient (Wildman–Crippen LogP) is 5.63. The molecular weight excluding hydrogens is 504 g/mol. The normalized spacial score (nSPS) is 12.7. The number of amides is 1. The zero-order valence-electron chi connectivity index (χ0n) is 18.8. The van der Waals surface area contributed by atoms with E-state index in [0.29, 0.717) is 17.7 Å². The highest BCUT2D eigenvalue weighted by Crippen LogP contribution is 2.33. The summed E-state index contributed by atoms with van der Waals surface area (Å²) in [5.41, 5.74) is 3.61. The zero-order chi connectivity index (χ0) is 24.8. The number of hydrogen-bond acceptors (Lipinski definition) is 5. The van der Waals surface area contributed by atoms with Gasteiger partial charge >= 0.3 is 0 Å². The van der Waals surface area contributed by atoms with Crippen molar-refractivity contribution in [1.82, 2.24) is 14.1 Å². The molecule has 4 aromatic rings. The van der Waals surface area contributed by atoms with Crippen LogP contribution < -0.4 is 9.62 Å². The second kappa shape index (κ2) is 11.5. The monoisotopic (exact) mass is 526 g/mol. The van der Waals surface area contributed by atoms with Gasteiger partial charge in [-0.15, -0.1) is 11.6 Å². The lowest BCUT2D eigenvalue weighted by molar-refractivity contribution is 0.0940. The van der Waals surface area contributed by atoms with Crippen molar-refractivity contribution in [3.05, 3.63) is 107 Å². The van der Waals surface area contributed by atoms with Crippen molar-refractivity contribution in [2.75, 3.05) is 4.31 Å². The number of anilines is 2. The van der Waals surface area contributed by atoms with Crippen molar-refractivity contribution in [1.29, 1.82) is 0 Å². The second-order valence-electron chi connectivity index (χ2n) is 7.81. The van der Waals surface area contributed by atoms with E-state index in [4.69, 9.17) is 11.6 Å². The highest BCUT2D eigenvalue weighted by Gasteiger charge is 2.28. The number of benzene rings is 3. The van der Waals surface area contributed by atoms with Crippen molar-refractivity contribution < 1.29 is 13.6 Å². The average Bonchev–Trinajstić information content (AvgIpc) is 3.32. The van der Waals surface area contributed by atoms with Crippen LogP contribution in [0.15, 0.2) is 78.9 Å². The fraction of sp³-hybridized carbons (Fsp3) is 0.160. The fourth-order valence-corrected chi connectivity index (χ4v) is 5.04. The van der Waals surface area contributed by atoms with Crippen molar-refractivity contribution in [2.45, 2.75) is 25.3 Å². The Bertz CT molecular complexity index is 1320. The molecule has 0 aliphatic heterocycles. The summed E-state index contributed by atoms with van der Waals surface area (Å²) < 4.78 is 32.7. The van der Waals surface area contributed by atoms with Gasteiger partial charge in [0.25, 0.3) is 17.2 Å². The zero-order valence-corrected chi connectivity index (χ0v) is 21.2. The first kappa shape index (κ1) is 25.0. The Morgan fingerprint density at radius 3 is 2.40 bits per heavy atom. The van der Waals surface area contributed by atoms with Gasteiger partial charge < -0.3 is 5.32 Å². The maximum Gasteiger partial charge on any atom is 0.268 e. The van der Waals surface area contributed by atoms with Crippen molar-refractivity contribution in [2.24, 2.45) is 0 Å². The van der Waals surface area contributed by atoms with Crippen LogP contribution in [0.3, 0.4) is 0 Å². The van der Waals surface area contributed by atoms with E-state index < -0.39 is 17.2 Å². The molecule has 1 heterocycles. The predicted molar refractivity (Wildman–Crippen MR) is 140 cm³/mol. The molecular formula is C25H23ClN4O3S2. The summed E-state index contributed by atoms with van der Waals surface area (Å²) in [5, 5.41) is 2.98. The first-order valence-electron chi connectivity index (χ1n) is 10.8. The third-order valence-corrected chi connectivity index (χ3v) is 6.97. The van der Waals surface area contributed by atoms with Gasteiger partial charge in [0.15, 0.2) is 5.82 Å². The number of hydrogen-bond donors (Lipinski definition) is 2. The molecule has 0 aliphatic carbocycles. The molecule has 7 nitrogen and oxygen atoms in total. The fourth-order valence-electron chi connectivity index (χ4n) is 3.65. The minimum atomic E-state index is -2.51. The molecule has 0 saturated heterocycles. The molecule has 0 radical (unpaired) electrons. The first-order chi connectivity index (χ1) is 17.0. The minimum absolute atomic E-state index is 0.189. The van der Waals surface area contributed by atoms with Crippen LogP contribution in [0.2, 0.25) is 0 Å². The number of carbonyl (C=O) groups excluding carboxylic acids is 1. The van der Waals surface area contributed by atoms with Gasteiger partial charge in [-0.2, -0.15) is 8.75 Å². The Morgan fingerprint density at radius 1 is 1.06 bits per heavy atom. The summed E-state index contributed by atoms with van der Waals surface area (Å²) >= 11 is 4.47. The van der Waals surface area contributed by atoms with E-state index in [1.807, 2.05) is 67.6 Å². The highest BCUT2D eigenvalue weighted by atomic mass is 35.5. The molecule has 0 bridgehead atoms. The van der Waals surface area contributed by atoms with Crippen LogP contribution in [0.1, 0.15) is 45.7 Å². The van der Waals surface area contributed by atoms with E-state index in [-0.39, 0.29) is 29.0 Å². The lowest BCUT2D eigenvalue weighted by atomic mass is 10.1. The Morgan fingerprint density at radius 2 is 1.74 bits per heavy atom. The van der Waals surface area contributed by atoms with Crippen molar-refractivity contribution in [3.8, 4) is 0 Å². The van der Waals surface area contributed by atoms with Crippen LogP contribution in [0, 0.1) is 0 Å². The summed E-state index contributed by atoms with van der Waals surface area (Å²) in [5.74, 6) is 0.0178. The summed E-state index contributed by atoms with van der Waals surface area (Å²) in [6.45, 7) is 1.88. The number of alkyl halides is 1. The van der Waals surface area contributed by atoms with Crippen LogP contribution in [-0.4, -0.2) is 23.4 Å². The molecule has 0 spiro atoms. The van der Waals surface area contributed by atoms with Crippen LogP contribution >= 0.6 is 23.3 Å². The molecule has 0 aliphatic rings. The number of nitrogens with one attached hydrogen (secondary N) is 1. The molecule has 180 valence electrons. The van der Waals surface area contributed by atoms with Gasteiger partial charge in [-0.3, -0.25) is 9.35 Å². The number of carbonyl (C=O) groups is 1. The molecule has 4 rings (SSSR count). The second-order valence-corrected chi connectivity index (χ2v) is 9.44. The topological polar surface area (TPSA) is 95.4 Å². The Balaban J connectivity index is 1.72. The van der Waals surface area contributed by atoms with Gasteiger partial charge in [-0.05, 0) is 35.7 Å². The third-order valence-electron chi connectivity index (χ3n) is 5.43.